The highest BCUT2D eigenvalue weighted by atomic mass is 79.9. The fourth-order valence-electron chi connectivity index (χ4n) is 0.782. The molecule has 1 N–H and O–H groups in total. The molecule has 0 fully saturated rings. The standard InChI is InChI=1S/C9H11BrClNOS/c1-6(4-13)5-14-9-8(10)2-7(11)3-12-9/h2-3,6,13H,4-5H2,1H3. The molecule has 0 spiro atoms. The maximum absolute atomic E-state index is 8.86. The van der Waals surface area contributed by atoms with Gasteiger partial charge in [-0.25, -0.2) is 4.98 Å². The minimum absolute atomic E-state index is 0.207. The van der Waals surface area contributed by atoms with Gasteiger partial charge in [-0.05, 0) is 27.9 Å². The van der Waals surface area contributed by atoms with Crippen LogP contribution in [0.15, 0.2) is 21.8 Å². The molecule has 0 aliphatic carbocycles. The van der Waals surface area contributed by atoms with Crippen LogP contribution in [0.4, 0.5) is 0 Å². The normalized spacial score (nSPS) is 12.9. The lowest BCUT2D eigenvalue weighted by atomic mass is 10.2. The first kappa shape index (κ1) is 12.3. The van der Waals surface area contributed by atoms with E-state index < -0.39 is 0 Å². The van der Waals surface area contributed by atoms with Gasteiger partial charge in [-0.2, -0.15) is 0 Å². The second kappa shape index (κ2) is 5.95. The van der Waals surface area contributed by atoms with Gasteiger partial charge in [0.25, 0.3) is 0 Å². The van der Waals surface area contributed by atoms with E-state index in [0.717, 1.165) is 15.3 Å². The Morgan fingerprint density at radius 1 is 1.71 bits per heavy atom. The molecule has 2 nitrogen and oxygen atoms in total. The molecular formula is C9H11BrClNOS. The predicted molar refractivity (Wildman–Crippen MR) is 63.9 cm³/mol. The summed E-state index contributed by atoms with van der Waals surface area (Å²) < 4.78 is 0.903. The molecule has 0 aliphatic rings. The zero-order chi connectivity index (χ0) is 10.6. The van der Waals surface area contributed by atoms with Crippen molar-refractivity contribution in [1.29, 1.82) is 0 Å². The van der Waals surface area contributed by atoms with E-state index in [1.807, 2.05) is 13.0 Å². The predicted octanol–water partition coefficient (Wildman–Crippen LogP) is 3.22. The van der Waals surface area contributed by atoms with E-state index >= 15 is 0 Å². The quantitative estimate of drug-likeness (QED) is 0.866. The highest BCUT2D eigenvalue weighted by Crippen LogP contribution is 2.28. The molecule has 0 amide bonds. The summed E-state index contributed by atoms with van der Waals surface area (Å²) in [6, 6.07) is 1.82. The summed E-state index contributed by atoms with van der Waals surface area (Å²) >= 11 is 10.8. The zero-order valence-electron chi connectivity index (χ0n) is 7.70. The van der Waals surface area contributed by atoms with E-state index in [2.05, 4.69) is 20.9 Å². The van der Waals surface area contributed by atoms with Crippen LogP contribution in [0.25, 0.3) is 0 Å². The second-order valence-electron chi connectivity index (χ2n) is 3.04. The van der Waals surface area contributed by atoms with Crippen LogP contribution in [0.2, 0.25) is 5.02 Å². The Hall–Kier alpha value is 0.230. The number of aromatic nitrogens is 1. The lowest BCUT2D eigenvalue weighted by Gasteiger charge is -2.07. The first-order valence-electron chi connectivity index (χ1n) is 4.18. The molecule has 1 aromatic rings. The largest absolute Gasteiger partial charge is 0.396 e. The molecule has 0 bridgehead atoms. The van der Waals surface area contributed by atoms with Gasteiger partial charge >= 0.3 is 0 Å². The third-order valence-corrected chi connectivity index (χ3v) is 4.00. The molecule has 78 valence electrons. The number of nitrogens with zero attached hydrogens (tertiary/aromatic N) is 1. The summed E-state index contributed by atoms with van der Waals surface area (Å²) in [5.74, 6) is 1.13. The molecule has 14 heavy (non-hydrogen) atoms. The van der Waals surface area contributed by atoms with Crippen molar-refractivity contribution in [2.45, 2.75) is 11.9 Å². The molecule has 1 rings (SSSR count). The Bertz CT molecular complexity index is 311. The van der Waals surface area contributed by atoms with Crippen LogP contribution in [0.3, 0.4) is 0 Å². The van der Waals surface area contributed by atoms with Crippen molar-refractivity contribution in [2.75, 3.05) is 12.4 Å². The maximum Gasteiger partial charge on any atom is 0.110 e. The van der Waals surface area contributed by atoms with Gasteiger partial charge in [0.05, 0.1) is 9.50 Å². The van der Waals surface area contributed by atoms with Crippen molar-refractivity contribution in [3.8, 4) is 0 Å². The molecule has 5 heteroatoms. The third-order valence-electron chi connectivity index (χ3n) is 1.59. The van der Waals surface area contributed by atoms with Crippen LogP contribution in [0.5, 0.6) is 0 Å². The molecule has 1 atom stereocenters. The zero-order valence-corrected chi connectivity index (χ0v) is 10.9. The van der Waals surface area contributed by atoms with Gasteiger partial charge in [0.2, 0.25) is 0 Å². The van der Waals surface area contributed by atoms with Crippen LogP contribution < -0.4 is 0 Å². The van der Waals surface area contributed by atoms with Crippen molar-refractivity contribution in [3.05, 3.63) is 21.8 Å². The van der Waals surface area contributed by atoms with Crippen molar-refractivity contribution in [3.63, 3.8) is 0 Å². The van der Waals surface area contributed by atoms with Gasteiger partial charge in [-0.3, -0.25) is 0 Å². The second-order valence-corrected chi connectivity index (χ2v) is 5.34. The van der Waals surface area contributed by atoms with Crippen molar-refractivity contribution >= 4 is 39.3 Å². The van der Waals surface area contributed by atoms with Gasteiger partial charge < -0.3 is 5.11 Å². The summed E-state index contributed by atoms with van der Waals surface area (Å²) in [6.45, 7) is 2.20. The average molecular weight is 297 g/mol. The highest BCUT2D eigenvalue weighted by Gasteiger charge is 2.06. The lowest BCUT2D eigenvalue weighted by Crippen LogP contribution is -2.03. The molecule has 1 unspecified atom stereocenters. The summed E-state index contributed by atoms with van der Waals surface area (Å²) in [4.78, 5) is 4.19. The molecule has 0 aliphatic heterocycles. The van der Waals surface area contributed by atoms with E-state index in [0.29, 0.717) is 5.02 Å². The van der Waals surface area contributed by atoms with E-state index in [1.165, 1.54) is 0 Å². The Labute approximate surface area is 101 Å². The molecule has 0 radical (unpaired) electrons. The highest BCUT2D eigenvalue weighted by molar-refractivity contribution is 9.10. The lowest BCUT2D eigenvalue weighted by molar-refractivity contribution is 0.250. The van der Waals surface area contributed by atoms with Gasteiger partial charge in [-0.15, -0.1) is 11.8 Å². The van der Waals surface area contributed by atoms with Gasteiger partial charge in [0.1, 0.15) is 5.03 Å². The number of aliphatic hydroxyl groups is 1. The molecule has 1 aromatic heterocycles. The molecule has 0 saturated heterocycles. The molecule has 1 heterocycles. The summed E-state index contributed by atoms with van der Waals surface area (Å²) in [7, 11) is 0. The minimum atomic E-state index is 0.207. The Balaban J connectivity index is 2.59. The number of pyridine rings is 1. The summed E-state index contributed by atoms with van der Waals surface area (Å²) in [5.41, 5.74) is 0. The average Bonchev–Trinajstić information content (AvgIpc) is 2.16. The van der Waals surface area contributed by atoms with Gasteiger partial charge in [0.15, 0.2) is 0 Å². The van der Waals surface area contributed by atoms with Crippen molar-refractivity contribution in [2.24, 2.45) is 5.92 Å². The summed E-state index contributed by atoms with van der Waals surface area (Å²) in [5, 5.41) is 10.4. The first-order chi connectivity index (χ1) is 6.63. The van der Waals surface area contributed by atoms with Crippen LogP contribution in [0.1, 0.15) is 6.92 Å². The van der Waals surface area contributed by atoms with E-state index in [4.69, 9.17) is 16.7 Å². The Morgan fingerprint density at radius 3 is 3.00 bits per heavy atom. The number of aliphatic hydroxyl groups excluding tert-OH is 1. The molecular weight excluding hydrogens is 286 g/mol. The minimum Gasteiger partial charge on any atom is -0.396 e. The number of thioether (sulfide) groups is 1. The van der Waals surface area contributed by atoms with Crippen LogP contribution in [0, 0.1) is 5.92 Å². The van der Waals surface area contributed by atoms with E-state index in [-0.39, 0.29) is 12.5 Å². The first-order valence-corrected chi connectivity index (χ1v) is 6.34. The van der Waals surface area contributed by atoms with Crippen LogP contribution in [-0.4, -0.2) is 22.5 Å². The number of rotatable bonds is 4. The SMILES string of the molecule is CC(CO)CSc1ncc(Cl)cc1Br. The number of hydrogen-bond donors (Lipinski definition) is 1. The van der Waals surface area contributed by atoms with Crippen LogP contribution in [-0.2, 0) is 0 Å². The van der Waals surface area contributed by atoms with Gasteiger partial charge in [-0.1, -0.05) is 18.5 Å². The number of halogens is 2. The molecule has 0 aromatic carbocycles. The fraction of sp³-hybridized carbons (Fsp3) is 0.444. The van der Waals surface area contributed by atoms with Crippen molar-refractivity contribution < 1.29 is 5.11 Å². The monoisotopic (exact) mass is 295 g/mol. The smallest absolute Gasteiger partial charge is 0.110 e. The fourth-order valence-corrected chi connectivity index (χ4v) is 2.64. The summed E-state index contributed by atoms with van der Waals surface area (Å²) in [6.07, 6.45) is 1.62. The van der Waals surface area contributed by atoms with Gasteiger partial charge in [0, 0.05) is 18.6 Å². The Morgan fingerprint density at radius 2 is 2.43 bits per heavy atom. The van der Waals surface area contributed by atoms with Crippen molar-refractivity contribution in [1.82, 2.24) is 4.98 Å². The third kappa shape index (κ3) is 3.77. The van der Waals surface area contributed by atoms with Crippen LogP contribution >= 0.6 is 39.3 Å². The van der Waals surface area contributed by atoms with E-state index in [9.17, 15) is 0 Å². The molecule has 0 saturated carbocycles. The topological polar surface area (TPSA) is 33.1 Å². The Kier molecular flexibility index (Phi) is 5.23. The van der Waals surface area contributed by atoms with E-state index in [1.54, 1.807) is 18.0 Å². The number of hydrogen-bond acceptors (Lipinski definition) is 3. The maximum atomic E-state index is 8.86.